The van der Waals surface area contributed by atoms with Crippen LogP contribution >= 0.6 is 0 Å². The van der Waals surface area contributed by atoms with Crippen molar-refractivity contribution in [2.45, 2.75) is 51.6 Å². The molecule has 6 nitrogen and oxygen atoms in total. The third-order valence-electron chi connectivity index (χ3n) is 6.26. The number of nitro benzene ring substituents is 1. The Morgan fingerprint density at radius 2 is 1.78 bits per heavy atom. The normalized spacial score (nSPS) is 18.4. The Kier molecular flexibility index (Phi) is 6.40. The molecule has 0 aromatic heterocycles. The number of ether oxygens (including phenoxy) is 1. The monoisotopic (exact) mass is 433 g/mol. The summed E-state index contributed by atoms with van der Waals surface area (Å²) in [6.07, 6.45) is 3.90. The van der Waals surface area contributed by atoms with Gasteiger partial charge in [0, 0.05) is 18.1 Å². The van der Waals surface area contributed by atoms with Crippen molar-refractivity contribution in [3.05, 3.63) is 70.3 Å². The summed E-state index contributed by atoms with van der Waals surface area (Å²) in [6, 6.07) is 17.2. The Balaban J connectivity index is 1.82. The third kappa shape index (κ3) is 4.90. The molecule has 0 amide bonds. The fraction of sp³-hybridized carbons (Fsp3) is 0.346. The molecule has 0 radical (unpaired) electrons. The van der Waals surface area contributed by atoms with Crippen LogP contribution in [0.4, 0.5) is 5.69 Å². The van der Waals surface area contributed by atoms with Gasteiger partial charge in [0.15, 0.2) is 0 Å². The molecule has 32 heavy (non-hydrogen) atoms. The minimum Gasteiger partial charge on any atom is -0.483 e. The number of carboxylic acids is 1. The van der Waals surface area contributed by atoms with Crippen LogP contribution in [0.1, 0.15) is 44.6 Å². The lowest BCUT2D eigenvalue weighted by atomic mass is 9.88. The molecule has 1 fully saturated rings. The zero-order valence-electron chi connectivity index (χ0n) is 18.1. The van der Waals surface area contributed by atoms with Gasteiger partial charge in [-0.05, 0) is 72.1 Å². The van der Waals surface area contributed by atoms with Crippen molar-refractivity contribution in [2.75, 3.05) is 0 Å². The molecule has 3 aromatic rings. The van der Waals surface area contributed by atoms with Crippen LogP contribution in [0.25, 0.3) is 21.9 Å². The Hall–Kier alpha value is -3.41. The Labute approximate surface area is 187 Å². The molecule has 4 rings (SSSR count). The van der Waals surface area contributed by atoms with Gasteiger partial charge in [-0.3, -0.25) is 14.9 Å². The van der Waals surface area contributed by atoms with Crippen LogP contribution in [0.15, 0.2) is 54.6 Å². The van der Waals surface area contributed by atoms with Crippen LogP contribution in [-0.2, 0) is 11.2 Å². The quantitative estimate of drug-likeness (QED) is 0.344. The summed E-state index contributed by atoms with van der Waals surface area (Å²) in [6.45, 7) is 2.22. The summed E-state index contributed by atoms with van der Waals surface area (Å²) in [5.41, 5.74) is 1.98. The van der Waals surface area contributed by atoms with E-state index in [4.69, 9.17) is 9.84 Å². The molecule has 0 saturated heterocycles. The number of carbonyl (C=O) groups is 1. The lowest BCUT2D eigenvalue weighted by molar-refractivity contribution is -0.386. The predicted octanol–water partition coefficient (Wildman–Crippen LogP) is 6.39. The first-order chi connectivity index (χ1) is 15.4. The molecule has 6 heteroatoms. The summed E-state index contributed by atoms with van der Waals surface area (Å²) in [5.74, 6) is -0.0105. The zero-order valence-corrected chi connectivity index (χ0v) is 18.1. The van der Waals surface area contributed by atoms with Gasteiger partial charge in [-0.15, -0.1) is 0 Å². The van der Waals surface area contributed by atoms with E-state index in [-0.39, 0.29) is 30.4 Å². The van der Waals surface area contributed by atoms with Crippen molar-refractivity contribution in [1.82, 2.24) is 0 Å². The van der Waals surface area contributed by atoms with Gasteiger partial charge in [-0.1, -0.05) is 43.3 Å². The number of nitro groups is 1. The van der Waals surface area contributed by atoms with E-state index >= 15 is 0 Å². The van der Waals surface area contributed by atoms with Gasteiger partial charge in [-0.2, -0.15) is 0 Å². The highest BCUT2D eigenvalue weighted by Gasteiger charge is 2.27. The Morgan fingerprint density at radius 3 is 2.47 bits per heavy atom. The fourth-order valence-corrected chi connectivity index (χ4v) is 4.41. The minimum absolute atomic E-state index is 0.0611. The molecular formula is C26H27NO5. The first kappa shape index (κ1) is 21.8. The number of fused-ring (bicyclic) bond motifs is 1. The zero-order chi connectivity index (χ0) is 22.7. The topological polar surface area (TPSA) is 89.7 Å². The van der Waals surface area contributed by atoms with Crippen LogP contribution in [0.3, 0.4) is 0 Å². The molecule has 1 N–H and O–H groups in total. The molecule has 0 bridgehead atoms. The third-order valence-corrected chi connectivity index (χ3v) is 6.26. The predicted molar refractivity (Wildman–Crippen MR) is 124 cm³/mol. The molecule has 0 unspecified atom stereocenters. The molecule has 166 valence electrons. The highest BCUT2D eigenvalue weighted by Crippen LogP contribution is 2.42. The van der Waals surface area contributed by atoms with Crippen LogP contribution in [0, 0.1) is 16.0 Å². The molecule has 1 aliphatic rings. The first-order valence-electron chi connectivity index (χ1n) is 11.1. The average Bonchev–Trinajstić information content (AvgIpc) is 2.79. The van der Waals surface area contributed by atoms with Gasteiger partial charge in [0.2, 0.25) is 5.75 Å². The number of benzene rings is 3. The van der Waals surface area contributed by atoms with Crippen molar-refractivity contribution < 1.29 is 19.6 Å². The molecule has 1 saturated carbocycles. The van der Waals surface area contributed by atoms with Crippen LogP contribution in [-0.4, -0.2) is 22.1 Å². The number of aryl methyl sites for hydroxylation is 1. The smallest absolute Gasteiger partial charge is 0.311 e. The molecule has 0 aliphatic heterocycles. The highest BCUT2D eigenvalue weighted by atomic mass is 16.6. The lowest BCUT2D eigenvalue weighted by Crippen LogP contribution is -2.23. The summed E-state index contributed by atoms with van der Waals surface area (Å²) in [4.78, 5) is 22.7. The summed E-state index contributed by atoms with van der Waals surface area (Å²) in [5, 5.41) is 23.2. The van der Waals surface area contributed by atoms with Crippen molar-refractivity contribution in [1.29, 1.82) is 0 Å². The number of rotatable bonds is 7. The standard InChI is InChI=1S/C26H27NO5/c1-17-6-11-22(12-7-17)32-26-23(21-10-9-19-4-2-3-5-20(19)16-21)14-18(8-13-25(28)29)15-24(26)27(30)31/h2-5,9-10,14-17,22H,6-8,11-13H2,1H3,(H,28,29)/t17-,22-. The van der Waals surface area contributed by atoms with E-state index in [1.165, 1.54) is 6.07 Å². The van der Waals surface area contributed by atoms with Gasteiger partial charge in [0.1, 0.15) is 0 Å². The molecule has 1 aliphatic carbocycles. The SMILES string of the molecule is C[C@H]1CC[C@H](Oc2c(-c3ccc4ccccc4c3)cc(CCC(=O)O)cc2[N+](=O)[O-])CC1. The highest BCUT2D eigenvalue weighted by molar-refractivity contribution is 5.89. The second-order valence-corrected chi connectivity index (χ2v) is 8.70. The summed E-state index contributed by atoms with van der Waals surface area (Å²) in [7, 11) is 0. The van der Waals surface area contributed by atoms with Crippen molar-refractivity contribution >= 4 is 22.4 Å². The van der Waals surface area contributed by atoms with Crippen molar-refractivity contribution in [3.8, 4) is 16.9 Å². The first-order valence-corrected chi connectivity index (χ1v) is 11.1. The van der Waals surface area contributed by atoms with Gasteiger partial charge in [-0.25, -0.2) is 0 Å². The molecule has 3 aromatic carbocycles. The number of hydrogen-bond acceptors (Lipinski definition) is 4. The Morgan fingerprint density at radius 1 is 1.06 bits per heavy atom. The van der Waals surface area contributed by atoms with E-state index in [1.54, 1.807) is 0 Å². The molecule has 0 heterocycles. The number of aliphatic carboxylic acids is 1. The van der Waals surface area contributed by atoms with Crippen LogP contribution in [0.5, 0.6) is 5.75 Å². The summed E-state index contributed by atoms with van der Waals surface area (Å²) < 4.78 is 6.32. The molecule has 0 atom stereocenters. The largest absolute Gasteiger partial charge is 0.483 e. The van der Waals surface area contributed by atoms with E-state index < -0.39 is 10.9 Å². The molecular weight excluding hydrogens is 406 g/mol. The van der Waals surface area contributed by atoms with Crippen molar-refractivity contribution in [3.63, 3.8) is 0 Å². The van der Waals surface area contributed by atoms with Gasteiger partial charge in [0.25, 0.3) is 0 Å². The average molecular weight is 434 g/mol. The van der Waals surface area contributed by atoms with Crippen molar-refractivity contribution in [2.24, 2.45) is 5.92 Å². The maximum absolute atomic E-state index is 12.0. The Bertz CT molecular complexity index is 1150. The summed E-state index contributed by atoms with van der Waals surface area (Å²) >= 11 is 0. The van der Waals surface area contributed by atoms with Crippen LogP contribution < -0.4 is 4.74 Å². The fourth-order valence-electron chi connectivity index (χ4n) is 4.41. The second-order valence-electron chi connectivity index (χ2n) is 8.70. The van der Waals surface area contributed by atoms with E-state index in [0.717, 1.165) is 42.0 Å². The lowest BCUT2D eigenvalue weighted by Gasteiger charge is -2.27. The van der Waals surface area contributed by atoms with E-state index in [0.29, 0.717) is 17.0 Å². The number of hydrogen-bond donors (Lipinski definition) is 1. The second kappa shape index (κ2) is 9.39. The van der Waals surface area contributed by atoms with Crippen LogP contribution in [0.2, 0.25) is 0 Å². The maximum Gasteiger partial charge on any atom is 0.311 e. The van der Waals surface area contributed by atoms with Gasteiger partial charge in [0.05, 0.1) is 11.0 Å². The van der Waals surface area contributed by atoms with E-state index in [1.807, 2.05) is 48.5 Å². The van der Waals surface area contributed by atoms with Gasteiger partial charge < -0.3 is 9.84 Å². The maximum atomic E-state index is 12.0. The number of carboxylic acid groups (broad SMARTS) is 1. The van der Waals surface area contributed by atoms with E-state index in [9.17, 15) is 14.9 Å². The van der Waals surface area contributed by atoms with E-state index in [2.05, 4.69) is 6.92 Å². The molecule has 0 spiro atoms. The number of nitrogens with zero attached hydrogens (tertiary/aromatic N) is 1. The minimum atomic E-state index is -0.934. The van der Waals surface area contributed by atoms with Gasteiger partial charge >= 0.3 is 11.7 Å².